The standard InChI is InChI=1S/C16H18N2O.C3H7NO/c1-10-7-13(5-6-15(10)17-4)18-14-8-11(2)16(19)12(3)9-14;1-3(5)4-2/h5-9,17H,1-4H3;1-2H3,(H,4,5). The second-order valence-corrected chi connectivity index (χ2v) is 5.58. The summed E-state index contributed by atoms with van der Waals surface area (Å²) >= 11 is 0. The highest BCUT2D eigenvalue weighted by atomic mass is 16.1. The Labute approximate surface area is 143 Å². The van der Waals surface area contributed by atoms with Crippen molar-refractivity contribution < 1.29 is 9.59 Å². The molecule has 0 heterocycles. The Morgan fingerprint density at radius 3 is 2.00 bits per heavy atom. The molecule has 2 N–H and O–H groups in total. The summed E-state index contributed by atoms with van der Waals surface area (Å²) in [5.74, 6) is 0.102. The van der Waals surface area contributed by atoms with Gasteiger partial charge in [0.2, 0.25) is 5.91 Å². The zero-order chi connectivity index (χ0) is 18.3. The van der Waals surface area contributed by atoms with E-state index in [2.05, 4.69) is 15.6 Å². The Balaban J connectivity index is 0.000000505. The van der Waals surface area contributed by atoms with Gasteiger partial charge in [-0.25, -0.2) is 4.99 Å². The lowest BCUT2D eigenvalue weighted by atomic mass is 9.98. The number of hydrogen-bond donors (Lipinski definition) is 2. The maximum atomic E-state index is 11.7. The van der Waals surface area contributed by atoms with Gasteiger partial charge in [-0.05, 0) is 67.8 Å². The normalized spacial score (nSPS) is 13.2. The number of amides is 1. The van der Waals surface area contributed by atoms with Gasteiger partial charge in [0.15, 0.2) is 5.78 Å². The Hall–Kier alpha value is -2.69. The molecule has 0 atom stereocenters. The van der Waals surface area contributed by atoms with Crippen molar-refractivity contribution in [1.29, 1.82) is 0 Å². The van der Waals surface area contributed by atoms with Crippen molar-refractivity contribution in [2.75, 3.05) is 19.4 Å². The lowest BCUT2D eigenvalue weighted by molar-refractivity contribution is -0.118. The Bertz CT molecular complexity index is 704. The van der Waals surface area contributed by atoms with Crippen molar-refractivity contribution in [1.82, 2.24) is 5.32 Å². The van der Waals surface area contributed by atoms with Gasteiger partial charge in [-0.15, -0.1) is 0 Å². The lowest BCUT2D eigenvalue weighted by Crippen LogP contribution is -2.11. The van der Waals surface area contributed by atoms with Crippen LogP contribution in [0.15, 0.2) is 46.5 Å². The number of benzene rings is 1. The fourth-order valence-corrected chi connectivity index (χ4v) is 2.14. The minimum Gasteiger partial charge on any atom is -0.388 e. The molecule has 1 amide bonds. The first-order valence-electron chi connectivity index (χ1n) is 7.75. The third-order valence-electron chi connectivity index (χ3n) is 3.53. The number of carbonyl (C=O) groups is 2. The van der Waals surface area contributed by atoms with E-state index in [0.717, 1.165) is 33.8 Å². The summed E-state index contributed by atoms with van der Waals surface area (Å²) in [6.07, 6.45) is 3.66. The molecule has 5 nitrogen and oxygen atoms in total. The SMILES string of the molecule is CNC(C)=O.CNc1ccc(N=C2C=C(C)C(=O)C(C)=C2)cc1C. The van der Waals surface area contributed by atoms with Gasteiger partial charge in [0.05, 0.1) is 11.4 Å². The second-order valence-electron chi connectivity index (χ2n) is 5.58. The number of nitrogens with one attached hydrogen (secondary N) is 2. The van der Waals surface area contributed by atoms with Crippen LogP contribution >= 0.6 is 0 Å². The van der Waals surface area contributed by atoms with Crippen LogP contribution in [0.4, 0.5) is 11.4 Å². The Morgan fingerprint density at radius 2 is 1.58 bits per heavy atom. The van der Waals surface area contributed by atoms with Crippen molar-refractivity contribution in [2.45, 2.75) is 27.7 Å². The van der Waals surface area contributed by atoms with Crippen LogP contribution in [0.5, 0.6) is 0 Å². The molecular weight excluding hydrogens is 302 g/mol. The molecule has 128 valence electrons. The van der Waals surface area contributed by atoms with Gasteiger partial charge in [-0.2, -0.15) is 0 Å². The highest BCUT2D eigenvalue weighted by Gasteiger charge is 2.13. The fourth-order valence-electron chi connectivity index (χ4n) is 2.14. The zero-order valence-corrected chi connectivity index (χ0v) is 15.2. The topological polar surface area (TPSA) is 70.6 Å². The highest BCUT2D eigenvalue weighted by Crippen LogP contribution is 2.23. The largest absolute Gasteiger partial charge is 0.388 e. The average molecular weight is 327 g/mol. The highest BCUT2D eigenvalue weighted by molar-refractivity contribution is 6.21. The Kier molecular flexibility index (Phi) is 7.11. The van der Waals surface area contributed by atoms with E-state index >= 15 is 0 Å². The van der Waals surface area contributed by atoms with Crippen molar-refractivity contribution in [3.05, 3.63) is 47.1 Å². The number of aryl methyl sites for hydroxylation is 1. The van der Waals surface area contributed by atoms with E-state index in [1.54, 1.807) is 7.05 Å². The van der Waals surface area contributed by atoms with Crippen LogP contribution < -0.4 is 10.6 Å². The molecule has 0 aromatic heterocycles. The summed E-state index contributed by atoms with van der Waals surface area (Å²) in [4.78, 5) is 25.9. The molecular formula is C19H25N3O2. The van der Waals surface area contributed by atoms with Crippen molar-refractivity contribution in [3.63, 3.8) is 0 Å². The summed E-state index contributed by atoms with van der Waals surface area (Å²) in [6.45, 7) is 7.16. The summed E-state index contributed by atoms with van der Waals surface area (Å²) in [5, 5.41) is 5.52. The molecule has 1 aromatic rings. The first kappa shape index (κ1) is 19.4. The van der Waals surface area contributed by atoms with Crippen LogP contribution in [0.2, 0.25) is 0 Å². The van der Waals surface area contributed by atoms with Crippen LogP contribution in [0.25, 0.3) is 0 Å². The molecule has 0 bridgehead atoms. The molecule has 1 aliphatic carbocycles. The molecule has 1 aromatic carbocycles. The van der Waals surface area contributed by atoms with Crippen molar-refractivity contribution >= 4 is 28.8 Å². The molecule has 2 rings (SSSR count). The maximum absolute atomic E-state index is 11.7. The van der Waals surface area contributed by atoms with Crippen LogP contribution in [-0.2, 0) is 9.59 Å². The van der Waals surface area contributed by atoms with E-state index in [1.165, 1.54) is 6.92 Å². The van der Waals surface area contributed by atoms with E-state index in [4.69, 9.17) is 0 Å². The minimum absolute atomic E-state index is 0.00463. The smallest absolute Gasteiger partial charge is 0.216 e. The van der Waals surface area contributed by atoms with Gasteiger partial charge in [0, 0.05) is 26.7 Å². The predicted octanol–water partition coefficient (Wildman–Crippen LogP) is 3.34. The van der Waals surface area contributed by atoms with Crippen LogP contribution in [-0.4, -0.2) is 31.5 Å². The minimum atomic E-state index is 0.00463. The molecule has 24 heavy (non-hydrogen) atoms. The van der Waals surface area contributed by atoms with E-state index in [0.29, 0.717) is 0 Å². The molecule has 0 aliphatic heterocycles. The fraction of sp³-hybridized carbons (Fsp3) is 0.316. The van der Waals surface area contributed by atoms with Gasteiger partial charge in [0.1, 0.15) is 0 Å². The van der Waals surface area contributed by atoms with E-state index in [9.17, 15) is 9.59 Å². The number of carbonyl (C=O) groups excluding carboxylic acids is 2. The van der Waals surface area contributed by atoms with Gasteiger partial charge in [-0.1, -0.05) is 0 Å². The number of nitrogens with zero attached hydrogens (tertiary/aromatic N) is 1. The first-order valence-corrected chi connectivity index (χ1v) is 7.75. The quantitative estimate of drug-likeness (QED) is 0.819. The predicted molar refractivity (Wildman–Crippen MR) is 100 cm³/mol. The summed E-state index contributed by atoms with van der Waals surface area (Å²) in [5.41, 5.74) is 5.45. The van der Waals surface area contributed by atoms with E-state index in [1.807, 2.05) is 58.2 Å². The van der Waals surface area contributed by atoms with Gasteiger partial charge >= 0.3 is 0 Å². The van der Waals surface area contributed by atoms with Crippen LogP contribution in [0, 0.1) is 6.92 Å². The van der Waals surface area contributed by atoms with Gasteiger partial charge < -0.3 is 10.6 Å². The Morgan fingerprint density at radius 1 is 1.04 bits per heavy atom. The summed E-state index contributed by atoms with van der Waals surface area (Å²) in [6, 6.07) is 6.01. The number of hydrogen-bond acceptors (Lipinski definition) is 4. The molecule has 5 heteroatoms. The summed E-state index contributed by atoms with van der Waals surface area (Å²) in [7, 11) is 3.50. The molecule has 0 unspecified atom stereocenters. The molecule has 0 saturated heterocycles. The van der Waals surface area contributed by atoms with E-state index < -0.39 is 0 Å². The molecule has 0 radical (unpaired) electrons. The number of rotatable bonds is 2. The zero-order valence-electron chi connectivity index (χ0n) is 15.2. The first-order chi connectivity index (χ1) is 11.3. The number of allylic oxidation sites excluding steroid dienone is 4. The average Bonchev–Trinajstić information content (AvgIpc) is 2.53. The summed E-state index contributed by atoms with van der Waals surface area (Å²) < 4.78 is 0. The maximum Gasteiger partial charge on any atom is 0.216 e. The monoisotopic (exact) mass is 327 g/mol. The molecule has 0 fully saturated rings. The van der Waals surface area contributed by atoms with E-state index in [-0.39, 0.29) is 11.7 Å². The lowest BCUT2D eigenvalue weighted by Gasteiger charge is -2.09. The molecule has 1 aliphatic rings. The van der Waals surface area contributed by atoms with Crippen LogP contribution in [0.1, 0.15) is 26.3 Å². The number of Topliss-reactive ketones (excluding diaryl/α,β-unsaturated/α-hetero) is 1. The van der Waals surface area contributed by atoms with Crippen molar-refractivity contribution in [2.24, 2.45) is 4.99 Å². The third kappa shape index (κ3) is 5.50. The number of ketones is 1. The van der Waals surface area contributed by atoms with Crippen molar-refractivity contribution in [3.8, 4) is 0 Å². The number of aliphatic imine (C=N–C) groups is 1. The second kappa shape index (κ2) is 8.82. The van der Waals surface area contributed by atoms with Crippen LogP contribution in [0.3, 0.4) is 0 Å². The molecule has 0 spiro atoms. The van der Waals surface area contributed by atoms with Gasteiger partial charge in [0.25, 0.3) is 0 Å². The molecule has 0 saturated carbocycles. The third-order valence-corrected chi connectivity index (χ3v) is 3.53. The van der Waals surface area contributed by atoms with Gasteiger partial charge in [-0.3, -0.25) is 9.59 Å². The number of anilines is 1.